The van der Waals surface area contributed by atoms with E-state index in [0.717, 1.165) is 0 Å². The molecule has 1 aromatic carbocycles. The molecule has 2 amide bonds. The summed E-state index contributed by atoms with van der Waals surface area (Å²) in [6, 6.07) is 8.11. The molecule has 1 aliphatic rings. The van der Waals surface area contributed by atoms with Gasteiger partial charge in [-0.3, -0.25) is 0 Å². The van der Waals surface area contributed by atoms with Crippen molar-refractivity contribution >= 4 is 28.6 Å². The van der Waals surface area contributed by atoms with Crippen LogP contribution in [-0.4, -0.2) is 37.9 Å². The number of nitrogen functional groups attached to an aromatic ring is 1. The van der Waals surface area contributed by atoms with Gasteiger partial charge in [0.2, 0.25) is 0 Å². The van der Waals surface area contributed by atoms with Crippen molar-refractivity contribution in [2.24, 2.45) is 5.73 Å². The molecule has 0 radical (unpaired) electrons. The Morgan fingerprint density at radius 2 is 1.96 bits per heavy atom. The van der Waals surface area contributed by atoms with Crippen molar-refractivity contribution in [3.8, 4) is 11.4 Å². The van der Waals surface area contributed by atoms with Crippen molar-refractivity contribution in [2.45, 2.75) is 17.6 Å². The average molecular weight is 376 g/mol. The molecule has 10 heteroatoms. The Balaban J connectivity index is 1.80. The van der Waals surface area contributed by atoms with Crippen LogP contribution in [0.15, 0.2) is 30.3 Å². The summed E-state index contributed by atoms with van der Waals surface area (Å²) in [5.74, 6) is 0.612. The number of nitrogens with two attached hydrogens (primary N) is 2. The van der Waals surface area contributed by atoms with Gasteiger partial charge in [-0.15, -0.1) is 0 Å². The summed E-state index contributed by atoms with van der Waals surface area (Å²) in [6.45, 7) is 0.749. The molecular formula is C16H20N6O3S. The van der Waals surface area contributed by atoms with Gasteiger partial charge in [-0.25, -0.2) is 19.0 Å². The van der Waals surface area contributed by atoms with Gasteiger partial charge in [-0.1, -0.05) is 0 Å². The molecule has 1 atom stereocenters. The summed E-state index contributed by atoms with van der Waals surface area (Å²) in [7, 11) is 0. The lowest BCUT2D eigenvalue weighted by Gasteiger charge is -2.12. The second kappa shape index (κ2) is 7.36. The standard InChI is InChI=1S/C16H20N6O3S/c17-7-8-19-15(23)20-11-3-1-10(2-4-11)14-21-12(9-13(18)22-14)16(5-6-16)26(24)25/h1-4,9H,5-8,17H2,(H,24,25)(H2,18,21,22)(H2,19,20,23). The van der Waals surface area contributed by atoms with E-state index in [2.05, 4.69) is 20.6 Å². The second-order valence-corrected chi connectivity index (χ2v) is 7.27. The van der Waals surface area contributed by atoms with Crippen LogP contribution >= 0.6 is 0 Å². The van der Waals surface area contributed by atoms with Crippen molar-refractivity contribution in [3.05, 3.63) is 36.0 Å². The third kappa shape index (κ3) is 3.82. The van der Waals surface area contributed by atoms with Crippen molar-refractivity contribution in [2.75, 3.05) is 24.1 Å². The van der Waals surface area contributed by atoms with Crippen LogP contribution in [0, 0.1) is 0 Å². The van der Waals surface area contributed by atoms with Crippen molar-refractivity contribution in [1.29, 1.82) is 0 Å². The predicted octanol–water partition coefficient (Wildman–Crippen LogP) is 1.02. The van der Waals surface area contributed by atoms with Crippen LogP contribution in [0.5, 0.6) is 0 Å². The van der Waals surface area contributed by atoms with E-state index in [4.69, 9.17) is 11.5 Å². The van der Waals surface area contributed by atoms with Gasteiger partial charge in [0, 0.05) is 30.4 Å². The number of nitrogens with zero attached hydrogens (tertiary/aromatic N) is 2. The van der Waals surface area contributed by atoms with Crippen LogP contribution in [0.3, 0.4) is 0 Å². The smallest absolute Gasteiger partial charge is 0.319 e. The number of nitrogens with one attached hydrogen (secondary N) is 2. The Hall–Kier alpha value is -2.56. The number of carbonyl (C=O) groups is 1. The number of aromatic nitrogens is 2. The van der Waals surface area contributed by atoms with Crippen LogP contribution < -0.4 is 22.1 Å². The molecule has 2 aromatic rings. The number of amides is 2. The molecular weight excluding hydrogens is 356 g/mol. The highest BCUT2D eigenvalue weighted by molar-refractivity contribution is 7.80. The Labute approximate surface area is 152 Å². The summed E-state index contributed by atoms with van der Waals surface area (Å²) in [5.41, 5.74) is 12.9. The fraction of sp³-hybridized carbons (Fsp3) is 0.312. The Morgan fingerprint density at radius 3 is 2.54 bits per heavy atom. The number of anilines is 2. The maximum atomic E-state index is 11.6. The number of hydrogen-bond donors (Lipinski definition) is 5. The minimum absolute atomic E-state index is 0.241. The van der Waals surface area contributed by atoms with E-state index in [9.17, 15) is 13.6 Å². The third-order valence-electron chi connectivity index (χ3n) is 4.08. The van der Waals surface area contributed by atoms with Gasteiger partial charge in [0.15, 0.2) is 16.9 Å². The van der Waals surface area contributed by atoms with Gasteiger partial charge in [-0.2, -0.15) is 0 Å². The molecule has 9 nitrogen and oxygen atoms in total. The van der Waals surface area contributed by atoms with Crippen LogP contribution in [0.25, 0.3) is 11.4 Å². The third-order valence-corrected chi connectivity index (χ3v) is 5.37. The summed E-state index contributed by atoms with van der Waals surface area (Å²) >= 11 is -2.01. The lowest BCUT2D eigenvalue weighted by molar-refractivity contribution is 0.252. The number of benzene rings is 1. The summed E-state index contributed by atoms with van der Waals surface area (Å²) in [6.07, 6.45) is 1.18. The fourth-order valence-corrected chi connectivity index (χ4v) is 3.26. The minimum atomic E-state index is -2.01. The molecule has 1 heterocycles. The lowest BCUT2D eigenvalue weighted by atomic mass is 10.1. The zero-order chi connectivity index (χ0) is 18.7. The molecule has 1 aliphatic carbocycles. The molecule has 0 bridgehead atoms. The Kier molecular flexibility index (Phi) is 5.16. The lowest BCUT2D eigenvalue weighted by Crippen LogP contribution is -2.32. The molecule has 3 rings (SSSR count). The zero-order valence-electron chi connectivity index (χ0n) is 13.9. The molecule has 1 fully saturated rings. The summed E-state index contributed by atoms with van der Waals surface area (Å²) in [4.78, 5) is 20.3. The van der Waals surface area contributed by atoms with Crippen LogP contribution in [-0.2, 0) is 15.8 Å². The van der Waals surface area contributed by atoms with Gasteiger partial charge < -0.3 is 26.7 Å². The number of urea groups is 1. The average Bonchev–Trinajstić information content (AvgIpc) is 3.42. The van der Waals surface area contributed by atoms with Crippen molar-refractivity contribution in [3.63, 3.8) is 0 Å². The highest BCUT2D eigenvalue weighted by Crippen LogP contribution is 2.50. The normalized spacial score (nSPS) is 15.9. The first-order valence-corrected chi connectivity index (χ1v) is 9.16. The molecule has 0 spiro atoms. The first-order valence-electron chi connectivity index (χ1n) is 8.06. The highest BCUT2D eigenvalue weighted by atomic mass is 32.2. The van der Waals surface area contributed by atoms with Crippen LogP contribution in [0.4, 0.5) is 16.3 Å². The highest BCUT2D eigenvalue weighted by Gasteiger charge is 2.52. The van der Waals surface area contributed by atoms with E-state index >= 15 is 0 Å². The van der Waals surface area contributed by atoms with Crippen molar-refractivity contribution < 1.29 is 13.6 Å². The van der Waals surface area contributed by atoms with Crippen molar-refractivity contribution in [1.82, 2.24) is 15.3 Å². The monoisotopic (exact) mass is 376 g/mol. The van der Waals surface area contributed by atoms with E-state index in [1.165, 1.54) is 0 Å². The summed E-state index contributed by atoms with van der Waals surface area (Å²) in [5, 5.41) is 5.29. The van der Waals surface area contributed by atoms with E-state index in [-0.39, 0.29) is 11.8 Å². The van der Waals surface area contributed by atoms with Crippen LogP contribution in [0.2, 0.25) is 0 Å². The quantitative estimate of drug-likeness (QED) is 0.471. The van der Waals surface area contributed by atoms with E-state index in [0.29, 0.717) is 48.7 Å². The van der Waals surface area contributed by atoms with Gasteiger partial charge >= 0.3 is 6.03 Å². The topological polar surface area (TPSA) is 156 Å². The van der Waals surface area contributed by atoms with Gasteiger partial charge in [0.05, 0.1) is 5.69 Å². The number of rotatable bonds is 6. The largest absolute Gasteiger partial charge is 0.384 e. The maximum Gasteiger partial charge on any atom is 0.319 e. The first-order chi connectivity index (χ1) is 12.4. The SMILES string of the molecule is NCCNC(=O)Nc1ccc(-c2nc(N)cc(C3(S(=O)O)CC3)n2)cc1. The molecule has 0 saturated heterocycles. The number of hydrogen-bond acceptors (Lipinski definition) is 6. The van der Waals surface area contributed by atoms with E-state index < -0.39 is 15.8 Å². The van der Waals surface area contributed by atoms with Gasteiger partial charge in [0.1, 0.15) is 10.6 Å². The molecule has 138 valence electrons. The van der Waals surface area contributed by atoms with Gasteiger partial charge in [0.25, 0.3) is 0 Å². The van der Waals surface area contributed by atoms with Gasteiger partial charge in [-0.05, 0) is 37.1 Å². The molecule has 1 aromatic heterocycles. The summed E-state index contributed by atoms with van der Waals surface area (Å²) < 4.78 is 20.3. The Bertz CT molecular complexity index is 838. The fourth-order valence-electron chi connectivity index (χ4n) is 2.53. The molecule has 0 aliphatic heterocycles. The van der Waals surface area contributed by atoms with E-state index in [1.54, 1.807) is 30.3 Å². The van der Waals surface area contributed by atoms with E-state index in [1.807, 2.05) is 0 Å². The first kappa shape index (κ1) is 18.2. The zero-order valence-corrected chi connectivity index (χ0v) is 14.8. The molecule has 1 saturated carbocycles. The number of carbonyl (C=O) groups excluding carboxylic acids is 1. The molecule has 1 unspecified atom stereocenters. The molecule has 7 N–H and O–H groups in total. The van der Waals surface area contributed by atoms with Crippen LogP contribution in [0.1, 0.15) is 18.5 Å². The maximum absolute atomic E-state index is 11.6. The minimum Gasteiger partial charge on any atom is -0.384 e. The Morgan fingerprint density at radius 1 is 1.27 bits per heavy atom. The second-order valence-electron chi connectivity index (χ2n) is 5.99. The molecule has 26 heavy (non-hydrogen) atoms. The predicted molar refractivity (Wildman–Crippen MR) is 99.6 cm³/mol.